The predicted molar refractivity (Wildman–Crippen MR) is 90.7 cm³/mol. The lowest BCUT2D eigenvalue weighted by Gasteiger charge is -2.19. The topological polar surface area (TPSA) is 74.5 Å². The molecule has 0 bridgehead atoms. The number of aromatic nitrogens is 2. The Balaban J connectivity index is 1.96. The lowest BCUT2D eigenvalue weighted by Crippen LogP contribution is -2.31. The number of imidazole rings is 1. The van der Waals surface area contributed by atoms with Crippen LogP contribution < -0.4 is 0 Å². The number of hydrogen-bond donors (Lipinski definition) is 0. The van der Waals surface area contributed by atoms with Crippen molar-refractivity contribution in [3.05, 3.63) is 54.2 Å². The summed E-state index contributed by atoms with van der Waals surface area (Å²) in [4.78, 5) is 19.1. The zero-order valence-corrected chi connectivity index (χ0v) is 14.0. The molecule has 0 aliphatic rings. The van der Waals surface area contributed by atoms with Gasteiger partial charge in [-0.1, -0.05) is 17.8 Å². The van der Waals surface area contributed by atoms with Gasteiger partial charge in [-0.05, 0) is 30.5 Å². The van der Waals surface area contributed by atoms with E-state index in [4.69, 9.17) is 9.68 Å². The predicted octanol–water partition coefficient (Wildman–Crippen LogP) is 3.21. The molecule has 1 amide bonds. The van der Waals surface area contributed by atoms with Crippen molar-refractivity contribution in [2.24, 2.45) is 0 Å². The Morgan fingerprint density at radius 3 is 3.00 bits per heavy atom. The number of nitrogens with zero attached hydrogens (tertiary/aromatic N) is 4. The molecule has 3 heterocycles. The summed E-state index contributed by atoms with van der Waals surface area (Å²) in [6.45, 7) is 0.643. The number of furan rings is 1. The van der Waals surface area contributed by atoms with Crippen molar-refractivity contribution in [1.82, 2.24) is 14.3 Å². The summed E-state index contributed by atoms with van der Waals surface area (Å²) >= 11 is 1.48. The summed E-state index contributed by atoms with van der Waals surface area (Å²) < 4.78 is 7.23. The Bertz CT molecular complexity index is 880. The van der Waals surface area contributed by atoms with Crippen LogP contribution >= 0.6 is 11.8 Å². The van der Waals surface area contributed by atoms with Crippen LogP contribution in [0, 0.1) is 11.3 Å². The van der Waals surface area contributed by atoms with Crippen LogP contribution in [0.15, 0.2) is 52.4 Å². The normalized spacial score (nSPS) is 10.7. The molecule has 0 fully saturated rings. The van der Waals surface area contributed by atoms with Gasteiger partial charge in [-0.25, -0.2) is 4.98 Å². The quantitative estimate of drug-likeness (QED) is 0.644. The second kappa shape index (κ2) is 7.23. The molecule has 0 spiro atoms. The molecule has 0 saturated heterocycles. The minimum absolute atomic E-state index is 0.203. The maximum atomic E-state index is 13.0. The van der Waals surface area contributed by atoms with Gasteiger partial charge in [-0.2, -0.15) is 5.26 Å². The van der Waals surface area contributed by atoms with Crippen LogP contribution in [0.2, 0.25) is 0 Å². The van der Waals surface area contributed by atoms with Gasteiger partial charge in [0, 0.05) is 12.7 Å². The molecule has 0 atom stereocenters. The number of fused-ring (bicyclic) bond motifs is 1. The van der Waals surface area contributed by atoms with Gasteiger partial charge in [0.15, 0.2) is 10.9 Å². The van der Waals surface area contributed by atoms with E-state index in [0.717, 1.165) is 10.7 Å². The summed E-state index contributed by atoms with van der Waals surface area (Å²) in [6.07, 6.45) is 5.64. The number of hydrogen-bond acceptors (Lipinski definition) is 5. The number of carbonyl (C=O) groups is 1. The maximum absolute atomic E-state index is 13.0. The third-order valence-electron chi connectivity index (χ3n) is 3.61. The van der Waals surface area contributed by atoms with Crippen LogP contribution in [0.1, 0.15) is 22.7 Å². The van der Waals surface area contributed by atoms with Crippen molar-refractivity contribution >= 4 is 23.2 Å². The standard InChI is InChI=1S/C17H16N4O2S/c1-24-17-19-15(14-7-2-3-10-21(14)17)16(22)20(9-5-8-18)12-13-6-4-11-23-13/h2-4,6-7,10-11H,5,9,12H2,1H3. The van der Waals surface area contributed by atoms with Gasteiger partial charge < -0.3 is 9.32 Å². The Morgan fingerprint density at radius 1 is 1.42 bits per heavy atom. The van der Waals surface area contributed by atoms with Gasteiger partial charge in [0.1, 0.15) is 5.76 Å². The van der Waals surface area contributed by atoms with Crippen LogP contribution in [0.4, 0.5) is 0 Å². The molecule has 0 N–H and O–H groups in total. The maximum Gasteiger partial charge on any atom is 0.275 e. The molecule has 122 valence electrons. The minimum Gasteiger partial charge on any atom is -0.467 e. The van der Waals surface area contributed by atoms with E-state index in [-0.39, 0.29) is 12.3 Å². The van der Waals surface area contributed by atoms with E-state index in [2.05, 4.69) is 11.1 Å². The first-order valence-corrected chi connectivity index (χ1v) is 8.66. The van der Waals surface area contributed by atoms with Gasteiger partial charge >= 0.3 is 0 Å². The van der Waals surface area contributed by atoms with Gasteiger partial charge in [-0.3, -0.25) is 9.20 Å². The molecule has 0 aromatic carbocycles. The van der Waals surface area contributed by atoms with E-state index in [0.29, 0.717) is 24.5 Å². The fourth-order valence-corrected chi connectivity index (χ4v) is 3.03. The largest absolute Gasteiger partial charge is 0.467 e. The third-order valence-corrected chi connectivity index (χ3v) is 4.26. The van der Waals surface area contributed by atoms with Crippen molar-refractivity contribution in [2.45, 2.75) is 18.1 Å². The van der Waals surface area contributed by atoms with Crippen LogP contribution in [0.5, 0.6) is 0 Å². The van der Waals surface area contributed by atoms with Crippen LogP contribution in [0.3, 0.4) is 0 Å². The van der Waals surface area contributed by atoms with Crippen molar-refractivity contribution in [3.63, 3.8) is 0 Å². The van der Waals surface area contributed by atoms with Gasteiger partial charge in [-0.15, -0.1) is 0 Å². The molecule has 6 nitrogen and oxygen atoms in total. The Hall–Kier alpha value is -2.72. The summed E-state index contributed by atoms with van der Waals surface area (Å²) in [5.41, 5.74) is 1.15. The lowest BCUT2D eigenvalue weighted by atomic mass is 10.2. The molecule has 0 saturated carbocycles. The van der Waals surface area contributed by atoms with E-state index in [9.17, 15) is 4.79 Å². The zero-order chi connectivity index (χ0) is 16.9. The van der Waals surface area contributed by atoms with E-state index in [1.165, 1.54) is 11.8 Å². The van der Waals surface area contributed by atoms with Crippen LogP contribution in [-0.4, -0.2) is 33.0 Å². The molecule has 24 heavy (non-hydrogen) atoms. The highest BCUT2D eigenvalue weighted by Crippen LogP contribution is 2.22. The highest BCUT2D eigenvalue weighted by Gasteiger charge is 2.23. The number of thioether (sulfide) groups is 1. The van der Waals surface area contributed by atoms with E-state index < -0.39 is 0 Å². The summed E-state index contributed by atoms with van der Waals surface area (Å²) in [6, 6.07) is 11.3. The van der Waals surface area contributed by atoms with Crippen molar-refractivity contribution in [3.8, 4) is 6.07 Å². The summed E-state index contributed by atoms with van der Waals surface area (Å²) in [5, 5.41) is 9.63. The number of pyridine rings is 1. The van der Waals surface area contributed by atoms with Crippen LogP contribution in [0.25, 0.3) is 5.52 Å². The van der Waals surface area contributed by atoms with Crippen LogP contribution in [-0.2, 0) is 6.54 Å². The molecule has 3 aromatic rings. The molecular formula is C17H16N4O2S. The molecular weight excluding hydrogens is 324 g/mol. The molecule has 3 aromatic heterocycles. The first-order valence-electron chi connectivity index (χ1n) is 7.44. The second-order valence-corrected chi connectivity index (χ2v) is 5.89. The van der Waals surface area contributed by atoms with E-state index in [1.807, 2.05) is 41.1 Å². The van der Waals surface area contributed by atoms with E-state index >= 15 is 0 Å². The van der Waals surface area contributed by atoms with E-state index in [1.54, 1.807) is 17.2 Å². The fourth-order valence-electron chi connectivity index (χ4n) is 2.49. The Labute approximate surface area is 143 Å². The molecule has 0 radical (unpaired) electrons. The minimum atomic E-state index is -0.203. The van der Waals surface area contributed by atoms with Crippen molar-refractivity contribution in [1.29, 1.82) is 5.26 Å². The van der Waals surface area contributed by atoms with Gasteiger partial charge in [0.25, 0.3) is 5.91 Å². The van der Waals surface area contributed by atoms with Gasteiger partial charge in [0.05, 0.1) is 30.8 Å². The highest BCUT2D eigenvalue weighted by molar-refractivity contribution is 7.98. The molecule has 0 aliphatic heterocycles. The summed E-state index contributed by atoms with van der Waals surface area (Å²) in [5.74, 6) is 0.473. The monoisotopic (exact) mass is 340 g/mol. The first-order chi connectivity index (χ1) is 11.7. The SMILES string of the molecule is CSc1nc(C(=O)N(CCC#N)Cc2ccco2)c2ccccn12. The number of amides is 1. The fraction of sp³-hybridized carbons (Fsp3) is 0.235. The zero-order valence-electron chi connectivity index (χ0n) is 13.2. The number of carbonyl (C=O) groups excluding carboxylic acids is 1. The highest BCUT2D eigenvalue weighted by atomic mass is 32.2. The smallest absolute Gasteiger partial charge is 0.275 e. The molecule has 0 unspecified atom stereocenters. The average Bonchev–Trinajstić information content (AvgIpc) is 3.25. The van der Waals surface area contributed by atoms with Crippen molar-refractivity contribution in [2.75, 3.05) is 12.8 Å². The van der Waals surface area contributed by atoms with Crippen molar-refractivity contribution < 1.29 is 9.21 Å². The average molecular weight is 340 g/mol. The number of nitriles is 1. The Kier molecular flexibility index (Phi) is 4.87. The molecule has 7 heteroatoms. The van der Waals surface area contributed by atoms with Gasteiger partial charge in [0.2, 0.25) is 0 Å². The second-order valence-electron chi connectivity index (χ2n) is 5.12. The lowest BCUT2D eigenvalue weighted by molar-refractivity contribution is 0.0731. The molecule has 3 rings (SSSR count). The number of rotatable bonds is 6. The summed E-state index contributed by atoms with van der Waals surface area (Å²) in [7, 11) is 0. The molecule has 0 aliphatic carbocycles. The third kappa shape index (κ3) is 3.14. The Morgan fingerprint density at radius 2 is 2.29 bits per heavy atom. The first kappa shape index (κ1) is 16.1.